The molecule has 0 amide bonds. The van der Waals surface area contributed by atoms with Gasteiger partial charge in [-0.2, -0.15) is 0 Å². The van der Waals surface area contributed by atoms with Crippen LogP contribution in [-0.2, 0) is 16.3 Å². The Labute approximate surface area is 122 Å². The summed E-state index contributed by atoms with van der Waals surface area (Å²) in [6.45, 7) is 0. The Morgan fingerprint density at radius 3 is 2.83 bits per heavy atom. The van der Waals surface area contributed by atoms with Gasteiger partial charge >= 0.3 is 0 Å². The molecular weight excluding hydrogens is 336 g/mol. The van der Waals surface area contributed by atoms with Gasteiger partial charge in [-0.1, -0.05) is 46.1 Å². The van der Waals surface area contributed by atoms with E-state index in [2.05, 4.69) is 15.9 Å². The first-order valence-electron chi connectivity index (χ1n) is 6.09. The molecule has 0 aliphatic carbocycles. The van der Waals surface area contributed by atoms with Gasteiger partial charge in [0, 0.05) is 9.85 Å². The number of hydrogen-bond donors (Lipinski definition) is 0. The lowest BCUT2D eigenvalue weighted by Crippen LogP contribution is -2.36. The third kappa shape index (κ3) is 3.49. The number of sulfone groups is 1. The van der Waals surface area contributed by atoms with Crippen LogP contribution >= 0.6 is 27.5 Å². The third-order valence-electron chi connectivity index (χ3n) is 3.35. The highest BCUT2D eigenvalue weighted by molar-refractivity contribution is 9.09. The van der Waals surface area contributed by atoms with Crippen LogP contribution in [0.3, 0.4) is 0 Å². The van der Waals surface area contributed by atoms with Crippen LogP contribution in [-0.4, -0.2) is 24.2 Å². The van der Waals surface area contributed by atoms with Crippen LogP contribution in [0.15, 0.2) is 24.3 Å². The monoisotopic (exact) mass is 350 g/mol. The maximum atomic E-state index is 12.0. The Hall–Kier alpha value is -0.0600. The quantitative estimate of drug-likeness (QED) is 0.780. The summed E-state index contributed by atoms with van der Waals surface area (Å²) in [7, 11) is -2.93. The van der Waals surface area contributed by atoms with Crippen molar-refractivity contribution in [1.82, 2.24) is 0 Å². The van der Waals surface area contributed by atoms with Gasteiger partial charge in [0.15, 0.2) is 9.84 Å². The van der Waals surface area contributed by atoms with E-state index in [1.807, 2.05) is 24.3 Å². The van der Waals surface area contributed by atoms with Gasteiger partial charge in [-0.3, -0.25) is 0 Å². The van der Waals surface area contributed by atoms with E-state index >= 15 is 0 Å². The van der Waals surface area contributed by atoms with E-state index in [9.17, 15) is 8.42 Å². The topological polar surface area (TPSA) is 34.1 Å². The highest BCUT2D eigenvalue weighted by Crippen LogP contribution is 2.28. The average molecular weight is 352 g/mol. The molecule has 100 valence electrons. The molecule has 2 rings (SSSR count). The predicted molar refractivity (Wildman–Crippen MR) is 79.3 cm³/mol. The van der Waals surface area contributed by atoms with Crippen LogP contribution in [0.5, 0.6) is 0 Å². The summed E-state index contributed by atoms with van der Waals surface area (Å²) in [5, 5.41) is 0.434. The SMILES string of the molecule is O=S1(=O)CCCCC1C(Br)Cc1cccc(Cl)c1. The van der Waals surface area contributed by atoms with Crippen LogP contribution in [0, 0.1) is 0 Å². The molecule has 0 aromatic heterocycles. The van der Waals surface area contributed by atoms with Gasteiger partial charge in [0.2, 0.25) is 0 Å². The summed E-state index contributed by atoms with van der Waals surface area (Å²) < 4.78 is 24.0. The molecule has 1 heterocycles. The van der Waals surface area contributed by atoms with Crippen molar-refractivity contribution in [2.75, 3.05) is 5.75 Å². The zero-order valence-electron chi connectivity index (χ0n) is 9.98. The molecule has 0 N–H and O–H groups in total. The normalized spacial score (nSPS) is 24.7. The first kappa shape index (κ1) is 14.4. The van der Waals surface area contributed by atoms with Gasteiger partial charge in [-0.05, 0) is 37.0 Å². The van der Waals surface area contributed by atoms with Crippen LogP contribution in [0.4, 0.5) is 0 Å². The number of alkyl halides is 1. The van der Waals surface area contributed by atoms with E-state index < -0.39 is 9.84 Å². The zero-order valence-corrected chi connectivity index (χ0v) is 13.1. The lowest BCUT2D eigenvalue weighted by molar-refractivity contribution is 0.533. The molecule has 18 heavy (non-hydrogen) atoms. The van der Waals surface area contributed by atoms with E-state index in [4.69, 9.17) is 11.6 Å². The van der Waals surface area contributed by atoms with Crippen LogP contribution in [0.1, 0.15) is 24.8 Å². The minimum atomic E-state index is -2.93. The summed E-state index contributed by atoms with van der Waals surface area (Å²) in [5.41, 5.74) is 1.07. The molecule has 0 radical (unpaired) electrons. The average Bonchev–Trinajstić information content (AvgIpc) is 2.28. The number of hydrogen-bond acceptors (Lipinski definition) is 2. The molecule has 0 bridgehead atoms. The van der Waals surface area contributed by atoms with E-state index in [0.29, 0.717) is 17.2 Å². The Morgan fingerprint density at radius 2 is 2.17 bits per heavy atom. The molecule has 1 aromatic carbocycles. The summed E-state index contributed by atoms with van der Waals surface area (Å²) in [6.07, 6.45) is 3.26. The van der Waals surface area contributed by atoms with Crippen LogP contribution in [0.2, 0.25) is 5.02 Å². The van der Waals surface area contributed by atoms with E-state index in [-0.39, 0.29) is 10.1 Å². The Morgan fingerprint density at radius 1 is 1.39 bits per heavy atom. The van der Waals surface area contributed by atoms with Gasteiger partial charge in [0.05, 0.1) is 11.0 Å². The van der Waals surface area contributed by atoms with Gasteiger partial charge in [0.1, 0.15) is 0 Å². The first-order valence-corrected chi connectivity index (χ1v) is 9.10. The van der Waals surface area contributed by atoms with Gasteiger partial charge in [0.25, 0.3) is 0 Å². The van der Waals surface area contributed by atoms with E-state index in [1.165, 1.54) is 0 Å². The maximum Gasteiger partial charge on any atom is 0.154 e. The predicted octanol–water partition coefficient (Wildman–Crippen LogP) is 3.61. The molecular formula is C13H16BrClO2S. The van der Waals surface area contributed by atoms with Crippen molar-refractivity contribution in [3.05, 3.63) is 34.9 Å². The van der Waals surface area contributed by atoms with Gasteiger partial charge in [-0.15, -0.1) is 0 Å². The third-order valence-corrected chi connectivity index (χ3v) is 7.24. The molecule has 5 heteroatoms. The van der Waals surface area contributed by atoms with Gasteiger partial charge < -0.3 is 0 Å². The number of rotatable bonds is 3. The summed E-state index contributed by atoms with van der Waals surface area (Å²) >= 11 is 9.49. The Bertz CT molecular complexity index is 515. The summed E-state index contributed by atoms with van der Waals surface area (Å²) in [6, 6.07) is 7.60. The maximum absolute atomic E-state index is 12.0. The highest BCUT2D eigenvalue weighted by atomic mass is 79.9. The first-order chi connectivity index (χ1) is 8.49. The standard InChI is InChI=1S/C13H16BrClO2S/c14-12(9-10-4-3-5-11(15)8-10)13-6-1-2-7-18(13,16)17/h3-5,8,12-13H,1-2,6-7,9H2. The fourth-order valence-electron chi connectivity index (χ4n) is 2.41. The lowest BCUT2D eigenvalue weighted by atomic mass is 10.0. The lowest BCUT2D eigenvalue weighted by Gasteiger charge is -2.26. The van der Waals surface area contributed by atoms with Crippen molar-refractivity contribution < 1.29 is 8.42 Å². The minimum absolute atomic E-state index is 0.0266. The Kier molecular flexibility index (Phi) is 4.73. The second kappa shape index (κ2) is 5.93. The summed E-state index contributed by atoms with van der Waals surface area (Å²) in [4.78, 5) is -0.0266. The smallest absolute Gasteiger partial charge is 0.154 e. The molecule has 2 atom stereocenters. The van der Waals surface area contributed by atoms with E-state index in [0.717, 1.165) is 24.8 Å². The number of halogens is 2. The highest BCUT2D eigenvalue weighted by Gasteiger charge is 2.34. The summed E-state index contributed by atoms with van der Waals surface area (Å²) in [5.74, 6) is 0.329. The molecule has 1 saturated heterocycles. The fraction of sp³-hybridized carbons (Fsp3) is 0.538. The molecule has 1 aliphatic rings. The van der Waals surface area contributed by atoms with Crippen molar-refractivity contribution in [1.29, 1.82) is 0 Å². The Balaban J connectivity index is 2.09. The molecule has 1 aromatic rings. The molecule has 0 saturated carbocycles. The minimum Gasteiger partial charge on any atom is -0.229 e. The van der Waals surface area contributed by atoms with Crippen molar-refractivity contribution in [2.45, 2.75) is 35.8 Å². The van der Waals surface area contributed by atoms with Crippen molar-refractivity contribution in [3.8, 4) is 0 Å². The largest absolute Gasteiger partial charge is 0.229 e. The zero-order chi connectivity index (χ0) is 13.2. The molecule has 2 nitrogen and oxygen atoms in total. The molecule has 2 unspecified atom stereocenters. The van der Waals surface area contributed by atoms with Crippen LogP contribution in [0.25, 0.3) is 0 Å². The second-order valence-electron chi connectivity index (χ2n) is 4.75. The van der Waals surface area contributed by atoms with Crippen molar-refractivity contribution in [3.63, 3.8) is 0 Å². The van der Waals surface area contributed by atoms with Crippen molar-refractivity contribution in [2.24, 2.45) is 0 Å². The van der Waals surface area contributed by atoms with Gasteiger partial charge in [-0.25, -0.2) is 8.42 Å². The van der Waals surface area contributed by atoms with Crippen LogP contribution < -0.4 is 0 Å². The molecule has 1 fully saturated rings. The fourth-order valence-corrected chi connectivity index (χ4v) is 6.22. The molecule has 1 aliphatic heterocycles. The second-order valence-corrected chi connectivity index (χ2v) is 8.70. The molecule has 0 spiro atoms. The van der Waals surface area contributed by atoms with E-state index in [1.54, 1.807) is 0 Å². The number of benzene rings is 1. The van der Waals surface area contributed by atoms with Crippen molar-refractivity contribution >= 4 is 37.4 Å².